The molecule has 0 aromatic carbocycles. The Kier molecular flexibility index (Phi) is 49.2. The van der Waals surface area contributed by atoms with Crippen molar-refractivity contribution in [1.29, 1.82) is 0 Å². The summed E-state index contributed by atoms with van der Waals surface area (Å²) in [7, 11) is 0. The number of aromatic carboxylic acids is 2. The molecule has 0 saturated carbocycles. The number of hydrogen-bond acceptors (Lipinski definition) is 20. The first kappa shape index (κ1) is 70.8. The Bertz CT molecular complexity index is 1750. The van der Waals surface area contributed by atoms with Crippen molar-refractivity contribution >= 4 is 11.9 Å². The smallest absolute Gasteiger partial charge is 0.857 e. The number of nitrogens with zero attached hydrogens (tertiary/aromatic N) is 10. The van der Waals surface area contributed by atoms with E-state index in [1.807, 2.05) is 72.8 Å². The molecule has 6 heterocycles. The van der Waals surface area contributed by atoms with E-state index in [-0.39, 0.29) is 78.6 Å². The molecular weight excluding hydrogens is 963 g/mol. The number of carboxylic acid groups (broad SMARTS) is 2. The van der Waals surface area contributed by atoms with Crippen LogP contribution in [0.3, 0.4) is 0 Å². The topological polar surface area (TPSA) is 519 Å². The van der Waals surface area contributed by atoms with Crippen LogP contribution in [-0.2, 0) is 51.2 Å². The van der Waals surface area contributed by atoms with Crippen LogP contribution in [0.2, 0.25) is 0 Å². The third kappa shape index (κ3) is 32.2. The van der Waals surface area contributed by atoms with Crippen molar-refractivity contribution in [3.63, 3.8) is 0 Å². The molecule has 0 spiro atoms. The molecule has 0 bridgehead atoms. The van der Waals surface area contributed by atoms with E-state index in [2.05, 4.69) is 39.9 Å². The molecule has 3 radical (unpaired) electrons. The maximum atomic E-state index is 10.5. The predicted octanol–water partition coefficient (Wildman–Crippen LogP) is -4.49. The summed E-state index contributed by atoms with van der Waals surface area (Å²) >= 11 is 0. The maximum absolute atomic E-state index is 10.5. The van der Waals surface area contributed by atoms with Gasteiger partial charge in [0.2, 0.25) is 0 Å². The van der Waals surface area contributed by atoms with E-state index in [1.54, 1.807) is 24.8 Å². The van der Waals surface area contributed by atoms with Gasteiger partial charge in [0.05, 0.1) is 56.3 Å². The SMILES string of the molecule is O.O.O.O.O.O=C([O-])c1nccnc1[O-].O=C([O-])c1nccnc1[O-].O=[N+]([O-])[O-].O=[N+]([O-])[O-].[Cu+2].[Cu+2].[Cu+2].c1ccc(-c2ccccn2)nc1.c1ccc(-c2ccccn2)nc1. The first-order chi connectivity index (χ1) is 24.8. The Labute approximate surface area is 368 Å². The van der Waals surface area contributed by atoms with Crippen molar-refractivity contribution in [2.75, 3.05) is 0 Å². The van der Waals surface area contributed by atoms with E-state index < -0.39 is 45.3 Å². The second-order valence-electron chi connectivity index (χ2n) is 8.30. The molecule has 0 atom stereocenters. The fraction of sp³-hybridized carbons (Fsp3) is 0. The second kappa shape index (κ2) is 41.7. The Morgan fingerprint density at radius 1 is 0.383 bits per heavy atom. The fourth-order valence-electron chi connectivity index (χ4n) is 2.99. The molecule has 6 aromatic heterocycles. The molecule has 0 amide bonds. The van der Waals surface area contributed by atoms with Gasteiger partial charge in [0, 0.05) is 61.3 Å². The minimum Gasteiger partial charge on any atom is -0.857 e. The first-order valence-electron chi connectivity index (χ1n) is 13.5. The third-order valence-corrected chi connectivity index (χ3v) is 4.90. The monoisotopic (exact) mass is 991 g/mol. The zero-order chi connectivity index (χ0) is 38.7. The molecule has 0 aliphatic rings. The van der Waals surface area contributed by atoms with Gasteiger partial charge >= 0.3 is 51.2 Å². The van der Waals surface area contributed by atoms with Gasteiger partial charge < -0.3 is 88.0 Å². The molecular formula is C30H30Cu3N10O17. The quantitative estimate of drug-likeness (QED) is 0.0912. The molecule has 0 unspecified atom stereocenters. The van der Waals surface area contributed by atoms with Crippen molar-refractivity contribution in [2.45, 2.75) is 0 Å². The third-order valence-electron chi connectivity index (χ3n) is 4.90. The molecule has 0 saturated heterocycles. The summed E-state index contributed by atoms with van der Waals surface area (Å²) in [6.07, 6.45) is 11.5. The summed E-state index contributed by atoms with van der Waals surface area (Å²) in [5, 5.41) is 70.4. The molecule has 0 aliphatic carbocycles. The van der Waals surface area contributed by atoms with Crippen LogP contribution in [0, 0.1) is 30.6 Å². The number of hydrogen-bond donors (Lipinski definition) is 0. The van der Waals surface area contributed by atoms with Crippen LogP contribution in [-0.4, -0.2) is 89.4 Å². The van der Waals surface area contributed by atoms with E-state index >= 15 is 0 Å². The van der Waals surface area contributed by atoms with Crippen LogP contribution in [0.1, 0.15) is 21.0 Å². The molecule has 335 valence electrons. The minimum atomic E-state index is -1.75. The molecule has 6 aromatic rings. The molecule has 0 fully saturated rings. The van der Waals surface area contributed by atoms with Gasteiger partial charge in [0.25, 0.3) is 0 Å². The average molecular weight is 993 g/mol. The Morgan fingerprint density at radius 2 is 0.583 bits per heavy atom. The van der Waals surface area contributed by atoms with E-state index in [0.717, 1.165) is 47.6 Å². The van der Waals surface area contributed by atoms with Crippen molar-refractivity contribution in [2.24, 2.45) is 0 Å². The summed E-state index contributed by atoms with van der Waals surface area (Å²) in [4.78, 5) is 66.1. The number of aromatic nitrogens is 8. The van der Waals surface area contributed by atoms with Gasteiger partial charge in [0.15, 0.2) is 0 Å². The number of carbonyl (C=O) groups is 2. The van der Waals surface area contributed by atoms with Gasteiger partial charge in [-0.15, -0.1) is 0 Å². The van der Waals surface area contributed by atoms with Crippen molar-refractivity contribution < 1.29 is 119 Å². The van der Waals surface area contributed by atoms with Crippen LogP contribution >= 0.6 is 0 Å². The van der Waals surface area contributed by atoms with Crippen molar-refractivity contribution in [3.05, 3.63) is 164 Å². The molecule has 27 nitrogen and oxygen atoms in total. The molecule has 0 aliphatic heterocycles. The summed E-state index contributed by atoms with van der Waals surface area (Å²) in [5.41, 5.74) is 2.36. The van der Waals surface area contributed by atoms with Gasteiger partial charge in [-0.25, -0.2) is 0 Å². The zero-order valence-electron chi connectivity index (χ0n) is 29.3. The largest absolute Gasteiger partial charge is 2.00 e. The van der Waals surface area contributed by atoms with E-state index in [0.29, 0.717) is 0 Å². The van der Waals surface area contributed by atoms with Gasteiger partial charge in [-0.1, -0.05) is 24.3 Å². The second-order valence-corrected chi connectivity index (χ2v) is 8.30. The van der Waals surface area contributed by atoms with Gasteiger partial charge in [0.1, 0.15) is 0 Å². The van der Waals surface area contributed by atoms with Crippen molar-refractivity contribution in [1.82, 2.24) is 39.9 Å². The molecule has 60 heavy (non-hydrogen) atoms. The Balaban J connectivity index is -0.0000000909. The van der Waals surface area contributed by atoms with Crippen LogP contribution < -0.4 is 20.4 Å². The number of carboxylic acids is 2. The van der Waals surface area contributed by atoms with Crippen LogP contribution in [0.15, 0.2) is 122 Å². The fourth-order valence-corrected chi connectivity index (χ4v) is 2.99. The number of rotatable bonds is 4. The molecule has 30 heteroatoms. The van der Waals surface area contributed by atoms with Gasteiger partial charge in [-0.2, -0.15) is 0 Å². The van der Waals surface area contributed by atoms with Gasteiger partial charge in [-0.3, -0.25) is 39.9 Å². The summed E-state index contributed by atoms with van der Waals surface area (Å²) in [5.74, 6) is -4.94. The standard InChI is InChI=1S/2C10H8N2.2C5H4N2O3.3Cu.2NO3.5H2O/c2*1-3-7-11-9(5-1)10-6-2-4-8-12-10;2*8-4-3(5(9)10)6-1-2-7-4;;;;2*2-1(3)4;;;;;/h2*1-8H;2*1-2H,(H,7,8)(H,9,10);;;;;;5*1H2/q;;;;3*+2;2*-1;;;;;/p-4. The van der Waals surface area contributed by atoms with E-state index in [9.17, 15) is 30.0 Å². The number of carbonyl (C=O) groups excluding carboxylic acids is 2. The Hall–Kier alpha value is -6.94. The first-order valence-corrected chi connectivity index (χ1v) is 13.5. The van der Waals surface area contributed by atoms with Crippen LogP contribution in [0.25, 0.3) is 22.8 Å². The van der Waals surface area contributed by atoms with Crippen LogP contribution in [0.5, 0.6) is 11.8 Å². The van der Waals surface area contributed by atoms with Crippen LogP contribution in [0.4, 0.5) is 0 Å². The average Bonchev–Trinajstić information content (AvgIpc) is 3.14. The van der Waals surface area contributed by atoms with Gasteiger partial charge in [-0.05, 0) is 48.5 Å². The van der Waals surface area contributed by atoms with Crippen molar-refractivity contribution in [3.8, 4) is 34.5 Å². The maximum Gasteiger partial charge on any atom is 2.00 e. The number of pyridine rings is 4. The predicted molar refractivity (Wildman–Crippen MR) is 185 cm³/mol. The summed E-state index contributed by atoms with van der Waals surface area (Å²) in [6, 6.07) is 23.2. The minimum absolute atomic E-state index is 0. The summed E-state index contributed by atoms with van der Waals surface area (Å²) in [6.45, 7) is 0. The summed E-state index contributed by atoms with van der Waals surface area (Å²) < 4.78 is 0. The molecule has 10 N–H and O–H groups in total. The Morgan fingerprint density at radius 3 is 0.717 bits per heavy atom. The molecule has 6 rings (SSSR count). The zero-order valence-corrected chi connectivity index (χ0v) is 32.1. The van der Waals surface area contributed by atoms with E-state index in [4.69, 9.17) is 30.6 Å². The van der Waals surface area contributed by atoms with E-state index in [1.165, 1.54) is 0 Å². The normalized spacial score (nSPS) is 7.73.